The molecule has 1 amide bonds. The van der Waals surface area contributed by atoms with Crippen molar-refractivity contribution in [3.8, 4) is 0 Å². The molecule has 2 N–H and O–H groups in total. The number of carbonyl (C=O) groups is 1. The molecule has 2 aromatic carbocycles. The number of hydrazine groups is 1. The summed E-state index contributed by atoms with van der Waals surface area (Å²) in [6.07, 6.45) is 0. The van der Waals surface area contributed by atoms with Crippen LogP contribution in [-0.2, 0) is 0 Å². The Morgan fingerprint density at radius 1 is 1.00 bits per heavy atom. The van der Waals surface area contributed by atoms with E-state index < -0.39 is 0 Å². The number of amides is 1. The van der Waals surface area contributed by atoms with Crippen LogP contribution in [-0.4, -0.2) is 5.91 Å². The summed E-state index contributed by atoms with van der Waals surface area (Å²) in [7, 11) is 0. The van der Waals surface area contributed by atoms with Gasteiger partial charge in [-0.25, -0.2) is 0 Å². The topological polar surface area (TPSA) is 41.1 Å². The second-order valence-corrected chi connectivity index (χ2v) is 4.41. The van der Waals surface area contributed by atoms with Gasteiger partial charge in [-0.1, -0.05) is 41.4 Å². The Hall–Kier alpha value is -1.71. The van der Waals surface area contributed by atoms with Crippen molar-refractivity contribution in [2.24, 2.45) is 0 Å². The van der Waals surface area contributed by atoms with Crippen LogP contribution in [0.25, 0.3) is 0 Å². The molecule has 0 aliphatic heterocycles. The van der Waals surface area contributed by atoms with E-state index in [4.69, 9.17) is 23.2 Å². The normalized spacial score (nSPS) is 9.89. The minimum absolute atomic E-state index is 0.244. The van der Waals surface area contributed by atoms with Gasteiger partial charge in [-0.15, -0.1) is 0 Å². The van der Waals surface area contributed by atoms with Crippen LogP contribution in [0.1, 0.15) is 10.4 Å². The predicted octanol–water partition coefficient (Wildman–Crippen LogP) is 3.75. The van der Waals surface area contributed by atoms with E-state index in [1.54, 1.807) is 42.5 Å². The van der Waals surface area contributed by atoms with Crippen LogP contribution < -0.4 is 10.9 Å². The molecule has 5 heteroatoms. The Morgan fingerprint density at radius 2 is 1.72 bits per heavy atom. The van der Waals surface area contributed by atoms with Crippen LogP contribution in [0.15, 0.2) is 48.5 Å². The molecule has 0 unspecified atom stereocenters. The van der Waals surface area contributed by atoms with Crippen LogP contribution in [0.3, 0.4) is 0 Å². The molecule has 0 saturated heterocycles. The molecule has 0 fully saturated rings. The third-order valence-electron chi connectivity index (χ3n) is 2.28. The molecule has 3 nitrogen and oxygen atoms in total. The molecule has 92 valence electrons. The Balaban J connectivity index is 2.04. The van der Waals surface area contributed by atoms with E-state index in [1.165, 1.54) is 0 Å². The fourth-order valence-electron chi connectivity index (χ4n) is 1.38. The minimum Gasteiger partial charge on any atom is -0.297 e. The molecular weight excluding hydrogens is 271 g/mol. The summed E-state index contributed by atoms with van der Waals surface area (Å²) in [6, 6.07) is 13.8. The van der Waals surface area contributed by atoms with E-state index in [2.05, 4.69) is 10.9 Å². The molecule has 0 aliphatic rings. The summed E-state index contributed by atoms with van der Waals surface area (Å²) in [4.78, 5) is 11.8. The smallest absolute Gasteiger partial charge is 0.269 e. The first-order valence-corrected chi connectivity index (χ1v) is 5.99. The third kappa shape index (κ3) is 3.15. The highest BCUT2D eigenvalue weighted by Gasteiger charge is 2.05. The first kappa shape index (κ1) is 12.7. The summed E-state index contributed by atoms with van der Waals surface area (Å²) >= 11 is 11.8. The van der Waals surface area contributed by atoms with Crippen molar-refractivity contribution in [3.05, 3.63) is 64.1 Å². The molecule has 0 saturated carbocycles. The minimum atomic E-state index is -0.244. The monoisotopic (exact) mass is 280 g/mol. The highest BCUT2D eigenvalue weighted by Crippen LogP contribution is 2.24. The highest BCUT2D eigenvalue weighted by molar-refractivity contribution is 6.35. The number of hydrogen-bond acceptors (Lipinski definition) is 2. The number of carbonyl (C=O) groups excluding carboxylic acids is 1. The zero-order valence-corrected chi connectivity index (χ0v) is 10.8. The summed E-state index contributed by atoms with van der Waals surface area (Å²) in [5.41, 5.74) is 6.40. The maximum Gasteiger partial charge on any atom is 0.269 e. The Morgan fingerprint density at radius 3 is 2.44 bits per heavy atom. The van der Waals surface area contributed by atoms with Gasteiger partial charge in [-0.2, -0.15) is 0 Å². The van der Waals surface area contributed by atoms with Gasteiger partial charge in [0.25, 0.3) is 5.91 Å². The number of rotatable bonds is 3. The lowest BCUT2D eigenvalue weighted by Crippen LogP contribution is -2.29. The lowest BCUT2D eigenvalue weighted by Gasteiger charge is -2.10. The van der Waals surface area contributed by atoms with Gasteiger partial charge in [0.15, 0.2) is 0 Å². The first-order valence-electron chi connectivity index (χ1n) is 5.23. The second-order valence-electron chi connectivity index (χ2n) is 3.57. The van der Waals surface area contributed by atoms with Crippen LogP contribution in [0.4, 0.5) is 5.69 Å². The van der Waals surface area contributed by atoms with Crippen LogP contribution in [0.2, 0.25) is 10.0 Å². The molecule has 0 atom stereocenters. The summed E-state index contributed by atoms with van der Waals surface area (Å²) in [6.45, 7) is 0. The molecule has 0 heterocycles. The lowest BCUT2D eigenvalue weighted by molar-refractivity contribution is 0.0962. The summed E-state index contributed by atoms with van der Waals surface area (Å²) in [5, 5.41) is 1.02. The Labute approximate surface area is 115 Å². The summed E-state index contributed by atoms with van der Waals surface area (Å²) in [5.74, 6) is -0.244. The Kier molecular flexibility index (Phi) is 4.07. The average Bonchev–Trinajstić information content (AvgIpc) is 2.40. The lowest BCUT2D eigenvalue weighted by atomic mass is 10.2. The van der Waals surface area contributed by atoms with Gasteiger partial charge in [0, 0.05) is 10.6 Å². The zero-order valence-electron chi connectivity index (χ0n) is 9.28. The van der Waals surface area contributed by atoms with Crippen molar-refractivity contribution in [1.82, 2.24) is 5.43 Å². The van der Waals surface area contributed by atoms with E-state index in [9.17, 15) is 4.79 Å². The van der Waals surface area contributed by atoms with Crippen molar-refractivity contribution in [3.63, 3.8) is 0 Å². The maximum atomic E-state index is 11.8. The zero-order chi connectivity index (χ0) is 13.0. The quantitative estimate of drug-likeness (QED) is 0.841. The van der Waals surface area contributed by atoms with E-state index in [1.807, 2.05) is 6.07 Å². The number of anilines is 1. The van der Waals surface area contributed by atoms with Crippen LogP contribution in [0, 0.1) is 0 Å². The molecule has 0 bridgehead atoms. The average molecular weight is 281 g/mol. The molecule has 0 spiro atoms. The molecule has 2 aromatic rings. The van der Waals surface area contributed by atoms with Gasteiger partial charge in [0.05, 0.1) is 10.7 Å². The fraction of sp³-hybridized carbons (Fsp3) is 0. The second kappa shape index (κ2) is 5.76. The van der Waals surface area contributed by atoms with Gasteiger partial charge in [-0.3, -0.25) is 15.6 Å². The molecule has 0 radical (unpaired) electrons. The molecule has 2 rings (SSSR count). The fourth-order valence-corrected chi connectivity index (χ4v) is 1.72. The third-order valence-corrected chi connectivity index (χ3v) is 2.84. The van der Waals surface area contributed by atoms with Crippen molar-refractivity contribution in [2.45, 2.75) is 0 Å². The Bertz CT molecular complexity index is 558. The van der Waals surface area contributed by atoms with Crippen molar-refractivity contribution < 1.29 is 4.79 Å². The maximum absolute atomic E-state index is 11.8. The number of hydrogen-bond donors (Lipinski definition) is 2. The van der Waals surface area contributed by atoms with Gasteiger partial charge in [0.1, 0.15) is 0 Å². The number of nitrogens with one attached hydrogen (secondary N) is 2. The van der Waals surface area contributed by atoms with Crippen LogP contribution >= 0.6 is 23.2 Å². The van der Waals surface area contributed by atoms with Crippen LogP contribution in [0.5, 0.6) is 0 Å². The molecular formula is C13H10Cl2N2O. The van der Waals surface area contributed by atoms with E-state index in [0.29, 0.717) is 21.3 Å². The van der Waals surface area contributed by atoms with Gasteiger partial charge in [0.2, 0.25) is 0 Å². The largest absolute Gasteiger partial charge is 0.297 e. The standard InChI is InChI=1S/C13H10Cl2N2O/c14-10-6-7-11(15)12(8-10)16-17-13(18)9-4-2-1-3-5-9/h1-8,16H,(H,17,18). The summed E-state index contributed by atoms with van der Waals surface area (Å²) < 4.78 is 0. The predicted molar refractivity (Wildman–Crippen MR) is 74.0 cm³/mol. The molecule has 18 heavy (non-hydrogen) atoms. The molecule has 0 aliphatic carbocycles. The first-order chi connectivity index (χ1) is 8.66. The van der Waals surface area contributed by atoms with Gasteiger partial charge < -0.3 is 0 Å². The van der Waals surface area contributed by atoms with E-state index in [-0.39, 0.29) is 5.91 Å². The van der Waals surface area contributed by atoms with E-state index >= 15 is 0 Å². The van der Waals surface area contributed by atoms with Gasteiger partial charge in [-0.05, 0) is 30.3 Å². The number of halogens is 2. The molecule has 0 aromatic heterocycles. The SMILES string of the molecule is O=C(NNc1cc(Cl)ccc1Cl)c1ccccc1. The number of benzene rings is 2. The van der Waals surface area contributed by atoms with Gasteiger partial charge >= 0.3 is 0 Å². The van der Waals surface area contributed by atoms with Crippen molar-refractivity contribution in [1.29, 1.82) is 0 Å². The van der Waals surface area contributed by atoms with Crippen molar-refractivity contribution in [2.75, 3.05) is 5.43 Å². The van der Waals surface area contributed by atoms with Crippen molar-refractivity contribution >= 4 is 34.8 Å². The van der Waals surface area contributed by atoms with E-state index in [0.717, 1.165) is 0 Å². The highest BCUT2D eigenvalue weighted by atomic mass is 35.5.